The highest BCUT2D eigenvalue weighted by Crippen LogP contribution is 2.43. The molecule has 2 aromatic carbocycles. The van der Waals surface area contributed by atoms with Crippen molar-refractivity contribution in [1.82, 2.24) is 10.6 Å². The van der Waals surface area contributed by atoms with Crippen molar-refractivity contribution in [1.29, 1.82) is 0 Å². The normalized spacial score (nSPS) is 18.4. The third kappa shape index (κ3) is 11.7. The fourth-order valence-corrected chi connectivity index (χ4v) is 7.32. The number of amides is 1. The van der Waals surface area contributed by atoms with Gasteiger partial charge in [-0.1, -0.05) is 51.7 Å². The van der Waals surface area contributed by atoms with E-state index in [1.165, 1.54) is 23.3 Å². The number of unbranched alkanes of at least 4 members (excludes halogenated alkanes) is 3. The molecule has 0 bridgehead atoms. The molecule has 1 aliphatic heterocycles. The molecule has 8 N–H and O–H groups in total. The zero-order valence-electron chi connectivity index (χ0n) is 28.6. The first-order chi connectivity index (χ1) is 22.5. The van der Waals surface area contributed by atoms with E-state index in [1.807, 2.05) is 23.9 Å². The summed E-state index contributed by atoms with van der Waals surface area (Å²) in [6, 6.07) is 14.9. The van der Waals surface area contributed by atoms with Crippen molar-refractivity contribution >= 4 is 29.0 Å². The Hall–Kier alpha value is -2.22. The number of hydrogen-bond donors (Lipinski definition) is 8. The van der Waals surface area contributed by atoms with E-state index in [0.29, 0.717) is 25.8 Å². The van der Waals surface area contributed by atoms with Crippen LogP contribution in [0.5, 0.6) is 0 Å². The van der Waals surface area contributed by atoms with Gasteiger partial charge in [-0.2, -0.15) is 0 Å². The molecule has 0 saturated carbocycles. The summed E-state index contributed by atoms with van der Waals surface area (Å²) in [4.78, 5) is 16.3. The first-order valence-electron chi connectivity index (χ1n) is 17.2. The summed E-state index contributed by atoms with van der Waals surface area (Å²) < 4.78 is 0. The predicted molar refractivity (Wildman–Crippen MR) is 191 cm³/mol. The van der Waals surface area contributed by atoms with Gasteiger partial charge >= 0.3 is 0 Å². The van der Waals surface area contributed by atoms with E-state index in [9.17, 15) is 25.2 Å². The van der Waals surface area contributed by atoms with E-state index < -0.39 is 31.0 Å². The highest BCUT2D eigenvalue weighted by molar-refractivity contribution is 7.99. The van der Waals surface area contributed by atoms with Crippen molar-refractivity contribution < 1.29 is 30.3 Å². The third-order valence-electron chi connectivity index (χ3n) is 8.98. The maximum Gasteiger partial charge on any atom is 0.224 e. The van der Waals surface area contributed by atoms with E-state index in [-0.39, 0.29) is 24.0 Å². The van der Waals surface area contributed by atoms with Crippen LogP contribution in [0.2, 0.25) is 0 Å². The van der Waals surface area contributed by atoms with Crippen LogP contribution in [0.4, 0.5) is 11.4 Å². The molecule has 5 atom stereocenters. The van der Waals surface area contributed by atoms with E-state index in [1.54, 1.807) is 0 Å². The smallest absolute Gasteiger partial charge is 0.224 e. The van der Waals surface area contributed by atoms with Gasteiger partial charge in [-0.05, 0) is 73.7 Å². The minimum Gasteiger partial charge on any atom is -0.394 e. The van der Waals surface area contributed by atoms with Crippen molar-refractivity contribution in [3.05, 3.63) is 53.6 Å². The first kappa shape index (κ1) is 39.2. The monoisotopic (exact) mass is 674 g/mol. The van der Waals surface area contributed by atoms with Gasteiger partial charge in [0.05, 0.1) is 18.8 Å². The Bertz CT molecular complexity index is 1230. The van der Waals surface area contributed by atoms with E-state index in [2.05, 4.69) is 79.1 Å². The quantitative estimate of drug-likeness (QED) is 0.0973. The van der Waals surface area contributed by atoms with Crippen LogP contribution < -0.4 is 20.9 Å². The summed E-state index contributed by atoms with van der Waals surface area (Å²) in [5, 5.41) is 58.3. The number of nitrogens with one attached hydrogen (secondary N) is 3. The maximum absolute atomic E-state index is 12.9. The Morgan fingerprint density at radius 1 is 0.979 bits per heavy atom. The van der Waals surface area contributed by atoms with Gasteiger partial charge in [0.2, 0.25) is 5.91 Å². The van der Waals surface area contributed by atoms with E-state index in [0.717, 1.165) is 48.4 Å². The molecule has 0 aliphatic carbocycles. The number of benzene rings is 2. The fraction of sp³-hybridized carbons (Fsp3) is 0.639. The zero-order chi connectivity index (χ0) is 34.4. The van der Waals surface area contributed by atoms with Gasteiger partial charge in [0.25, 0.3) is 0 Å². The first-order valence-corrected chi connectivity index (χ1v) is 18.2. The van der Waals surface area contributed by atoms with Crippen LogP contribution in [0.15, 0.2) is 47.4 Å². The van der Waals surface area contributed by atoms with Crippen LogP contribution in [0.3, 0.4) is 0 Å². The second kappa shape index (κ2) is 19.7. The molecule has 10 nitrogen and oxygen atoms in total. The van der Waals surface area contributed by atoms with Crippen molar-refractivity contribution in [3.8, 4) is 0 Å². The van der Waals surface area contributed by atoms with Gasteiger partial charge in [-0.25, -0.2) is 0 Å². The van der Waals surface area contributed by atoms with E-state index >= 15 is 0 Å². The minimum atomic E-state index is -1.65. The number of nitrogens with zero attached hydrogens (tertiary/aromatic N) is 1. The molecule has 3 rings (SSSR count). The Morgan fingerprint density at radius 2 is 1.68 bits per heavy atom. The van der Waals surface area contributed by atoms with Crippen LogP contribution in [0.25, 0.3) is 0 Å². The van der Waals surface area contributed by atoms with Crippen LogP contribution in [-0.2, 0) is 4.79 Å². The SMILES string of the molecule is CCCCC1(CCCC)CSc2ccc(N(C)C)cc2C(c2cccc(NC(=O)CCCCNC[C@H](O)[C@@H](O)[C@H](O)C(O)CO)c2)N1. The van der Waals surface area contributed by atoms with Crippen LogP contribution in [0, 0.1) is 0 Å². The van der Waals surface area contributed by atoms with Gasteiger partial charge in [0, 0.05) is 54.6 Å². The lowest BCUT2D eigenvalue weighted by Crippen LogP contribution is -2.49. The van der Waals surface area contributed by atoms with Gasteiger partial charge in [-0.15, -0.1) is 11.8 Å². The zero-order valence-corrected chi connectivity index (χ0v) is 29.4. The topological polar surface area (TPSA) is 158 Å². The van der Waals surface area contributed by atoms with Crippen LogP contribution in [-0.4, -0.2) is 101 Å². The lowest BCUT2D eigenvalue weighted by molar-refractivity contribution is -0.116. The Labute approximate surface area is 285 Å². The lowest BCUT2D eigenvalue weighted by Gasteiger charge is -2.37. The minimum absolute atomic E-state index is 0.000409. The standard InChI is InChI=1S/C36H58N4O6S/c1-5-7-17-36(18-8-6-2)24-47-31-16-15-27(40(3)4)21-28(31)33(39-36)25-12-11-13-26(20-25)38-32(44)14-9-10-19-37-22-29(42)34(45)35(46)30(43)23-41/h11-13,15-16,20-21,29-30,33-35,37,39,41-43,45-46H,5-10,14,17-19,22-24H2,1-4H3,(H,38,44)/t29-,30?,33?,34+,35+/m0/s1. The Balaban J connectivity index is 1.66. The number of rotatable bonds is 20. The average Bonchev–Trinajstić information content (AvgIpc) is 3.23. The van der Waals surface area contributed by atoms with Crippen molar-refractivity contribution in [2.75, 3.05) is 49.8 Å². The molecule has 1 amide bonds. The van der Waals surface area contributed by atoms with Crippen molar-refractivity contribution in [2.24, 2.45) is 0 Å². The van der Waals surface area contributed by atoms with Crippen molar-refractivity contribution in [2.45, 2.75) is 113 Å². The molecule has 11 heteroatoms. The van der Waals surface area contributed by atoms with Gasteiger partial charge < -0.3 is 41.1 Å². The second-order valence-electron chi connectivity index (χ2n) is 13.1. The molecule has 0 fully saturated rings. The third-order valence-corrected chi connectivity index (χ3v) is 10.4. The Kier molecular flexibility index (Phi) is 16.4. The van der Waals surface area contributed by atoms with Gasteiger partial charge in [0.15, 0.2) is 0 Å². The number of fused-ring (bicyclic) bond motifs is 1. The molecule has 1 aliphatic rings. The summed E-state index contributed by atoms with van der Waals surface area (Å²) in [5.74, 6) is 0.955. The van der Waals surface area contributed by atoms with Gasteiger partial charge in [-0.3, -0.25) is 10.1 Å². The second-order valence-corrected chi connectivity index (χ2v) is 14.1. The fourth-order valence-electron chi connectivity index (χ4n) is 6.01. The lowest BCUT2D eigenvalue weighted by atomic mass is 9.86. The number of anilines is 2. The largest absolute Gasteiger partial charge is 0.394 e. The highest BCUT2D eigenvalue weighted by Gasteiger charge is 2.36. The number of thioether (sulfide) groups is 1. The molecule has 0 aromatic heterocycles. The molecule has 1 heterocycles. The van der Waals surface area contributed by atoms with E-state index in [4.69, 9.17) is 5.11 Å². The summed E-state index contributed by atoms with van der Waals surface area (Å²) in [5.41, 5.74) is 4.34. The summed E-state index contributed by atoms with van der Waals surface area (Å²) in [6.45, 7) is 4.30. The number of carbonyl (C=O) groups excluding carboxylic acids is 1. The molecule has 0 spiro atoms. The van der Waals surface area contributed by atoms with Crippen LogP contribution in [0.1, 0.15) is 88.8 Å². The molecule has 2 aromatic rings. The number of carbonyl (C=O) groups is 1. The molecule has 264 valence electrons. The molecular formula is C36H58N4O6S. The molecule has 0 saturated heterocycles. The molecule has 2 unspecified atom stereocenters. The summed E-state index contributed by atoms with van der Waals surface area (Å²) >= 11 is 1.96. The maximum atomic E-state index is 12.9. The summed E-state index contributed by atoms with van der Waals surface area (Å²) in [6.07, 6.45) is 2.48. The highest BCUT2D eigenvalue weighted by atomic mass is 32.2. The average molecular weight is 675 g/mol. The summed E-state index contributed by atoms with van der Waals surface area (Å²) in [7, 11) is 4.14. The van der Waals surface area contributed by atoms with Crippen LogP contribution >= 0.6 is 11.8 Å². The number of aliphatic hydroxyl groups is 5. The Morgan fingerprint density at radius 3 is 2.34 bits per heavy atom. The molecule has 0 radical (unpaired) electrons. The van der Waals surface area contributed by atoms with Crippen molar-refractivity contribution in [3.63, 3.8) is 0 Å². The van der Waals surface area contributed by atoms with Gasteiger partial charge in [0.1, 0.15) is 18.3 Å². The number of aliphatic hydroxyl groups excluding tert-OH is 5. The number of hydrogen-bond acceptors (Lipinski definition) is 10. The molecular weight excluding hydrogens is 616 g/mol. The predicted octanol–water partition coefficient (Wildman–Crippen LogP) is 3.79. The molecule has 47 heavy (non-hydrogen) atoms.